The van der Waals surface area contributed by atoms with Gasteiger partial charge in [0.1, 0.15) is 0 Å². The van der Waals surface area contributed by atoms with E-state index in [0.29, 0.717) is 11.5 Å². The Morgan fingerprint density at radius 3 is 2.55 bits per heavy atom. The molecule has 5 heteroatoms. The van der Waals surface area contributed by atoms with Crippen molar-refractivity contribution < 1.29 is 0 Å². The number of aromatic nitrogens is 4. The summed E-state index contributed by atoms with van der Waals surface area (Å²) in [6.45, 7) is 0. The van der Waals surface area contributed by atoms with Gasteiger partial charge in [-0.1, -0.05) is 48.5 Å². The van der Waals surface area contributed by atoms with Crippen LogP contribution in [0.5, 0.6) is 0 Å². The number of aromatic amines is 1. The van der Waals surface area contributed by atoms with Gasteiger partial charge >= 0.3 is 0 Å². The molecule has 5 nitrogen and oxygen atoms in total. The minimum absolute atomic E-state index is 0.571. The fourth-order valence-corrected chi connectivity index (χ4v) is 2.70. The molecular weight excluding hydrogens is 274 g/mol. The normalized spacial score (nSPS) is 10.9. The summed E-state index contributed by atoms with van der Waals surface area (Å²) in [5.41, 5.74) is 9.85. The molecule has 4 aromatic rings. The number of nitrogens with zero attached hydrogens (tertiary/aromatic N) is 3. The van der Waals surface area contributed by atoms with Gasteiger partial charge in [-0.2, -0.15) is 0 Å². The third kappa shape index (κ3) is 2.00. The van der Waals surface area contributed by atoms with Crippen LogP contribution in [0.3, 0.4) is 0 Å². The number of tetrazole rings is 1. The summed E-state index contributed by atoms with van der Waals surface area (Å²) in [6, 6.07) is 20.5. The van der Waals surface area contributed by atoms with Crippen LogP contribution in [0, 0.1) is 0 Å². The number of nitrogen functional groups attached to an aromatic ring is 1. The van der Waals surface area contributed by atoms with E-state index in [2.05, 4.69) is 51.0 Å². The molecule has 1 aromatic heterocycles. The average Bonchev–Trinajstić information content (AvgIpc) is 3.08. The molecule has 106 valence electrons. The van der Waals surface area contributed by atoms with E-state index in [-0.39, 0.29) is 0 Å². The van der Waals surface area contributed by atoms with Crippen LogP contribution in [-0.4, -0.2) is 20.6 Å². The Morgan fingerprint density at radius 1 is 0.864 bits per heavy atom. The van der Waals surface area contributed by atoms with Crippen molar-refractivity contribution in [3.05, 3.63) is 60.7 Å². The molecule has 0 aliphatic heterocycles. The first-order valence-electron chi connectivity index (χ1n) is 6.95. The number of fused-ring (bicyclic) bond motifs is 1. The van der Waals surface area contributed by atoms with E-state index < -0.39 is 0 Å². The molecule has 0 spiro atoms. The van der Waals surface area contributed by atoms with Gasteiger partial charge in [-0.3, -0.25) is 0 Å². The Bertz CT molecular complexity index is 939. The van der Waals surface area contributed by atoms with Crippen molar-refractivity contribution in [1.29, 1.82) is 0 Å². The first kappa shape index (κ1) is 12.5. The summed E-state index contributed by atoms with van der Waals surface area (Å²) >= 11 is 0. The molecule has 3 N–H and O–H groups in total. The van der Waals surface area contributed by atoms with Crippen LogP contribution in [0.1, 0.15) is 0 Å². The van der Waals surface area contributed by atoms with Gasteiger partial charge in [0.15, 0.2) is 5.82 Å². The maximum absolute atomic E-state index is 6.18. The molecule has 0 saturated heterocycles. The summed E-state index contributed by atoms with van der Waals surface area (Å²) < 4.78 is 0. The van der Waals surface area contributed by atoms with Gasteiger partial charge in [0, 0.05) is 11.3 Å². The summed E-state index contributed by atoms with van der Waals surface area (Å²) in [5.74, 6) is 0.571. The van der Waals surface area contributed by atoms with Crippen molar-refractivity contribution in [2.24, 2.45) is 0 Å². The number of hydrogen-bond donors (Lipinski definition) is 2. The Labute approximate surface area is 126 Å². The zero-order chi connectivity index (χ0) is 14.9. The standard InChI is InChI=1S/C17H13N5/c18-16-10-12(8-9-15(16)17-19-21-22-20-17)14-7-3-5-11-4-1-2-6-13(11)14/h1-10H,18H2,(H,19,20,21,22). The first-order valence-corrected chi connectivity index (χ1v) is 6.95. The summed E-state index contributed by atoms with van der Waals surface area (Å²) in [5, 5.41) is 16.2. The molecule has 0 bridgehead atoms. The average molecular weight is 287 g/mol. The van der Waals surface area contributed by atoms with Crippen molar-refractivity contribution in [1.82, 2.24) is 20.6 Å². The lowest BCUT2D eigenvalue weighted by atomic mass is 9.97. The van der Waals surface area contributed by atoms with E-state index >= 15 is 0 Å². The fourth-order valence-electron chi connectivity index (χ4n) is 2.70. The first-order chi connectivity index (χ1) is 10.8. The quantitative estimate of drug-likeness (QED) is 0.554. The number of nitrogens with one attached hydrogen (secondary N) is 1. The third-order valence-electron chi connectivity index (χ3n) is 3.75. The van der Waals surface area contributed by atoms with Gasteiger partial charge in [-0.05, 0) is 44.5 Å². The van der Waals surface area contributed by atoms with Crippen LogP contribution in [0.2, 0.25) is 0 Å². The van der Waals surface area contributed by atoms with Crippen molar-refractivity contribution in [3.63, 3.8) is 0 Å². The van der Waals surface area contributed by atoms with Gasteiger partial charge in [0.2, 0.25) is 0 Å². The third-order valence-corrected chi connectivity index (χ3v) is 3.75. The van der Waals surface area contributed by atoms with E-state index in [9.17, 15) is 0 Å². The number of hydrogen-bond acceptors (Lipinski definition) is 4. The molecule has 0 saturated carbocycles. The Morgan fingerprint density at radius 2 is 1.73 bits per heavy atom. The van der Waals surface area contributed by atoms with Crippen molar-refractivity contribution in [3.8, 4) is 22.5 Å². The maximum Gasteiger partial charge on any atom is 0.181 e. The molecular formula is C17H13N5. The Hall–Kier alpha value is -3.21. The lowest BCUT2D eigenvalue weighted by Crippen LogP contribution is -1.93. The SMILES string of the molecule is Nc1cc(-c2cccc3ccccc23)ccc1-c1nnn[nH]1. The van der Waals surface area contributed by atoms with E-state index in [1.807, 2.05) is 30.3 Å². The number of nitrogens with two attached hydrogens (primary N) is 1. The highest BCUT2D eigenvalue weighted by Gasteiger charge is 2.09. The van der Waals surface area contributed by atoms with Crippen molar-refractivity contribution >= 4 is 16.5 Å². The van der Waals surface area contributed by atoms with Gasteiger partial charge < -0.3 is 5.73 Å². The highest BCUT2D eigenvalue weighted by Crippen LogP contribution is 2.32. The number of anilines is 1. The maximum atomic E-state index is 6.18. The second-order valence-corrected chi connectivity index (χ2v) is 5.08. The summed E-state index contributed by atoms with van der Waals surface area (Å²) in [4.78, 5) is 0. The van der Waals surface area contributed by atoms with E-state index in [1.165, 1.54) is 10.8 Å². The van der Waals surface area contributed by atoms with Crippen LogP contribution >= 0.6 is 0 Å². The molecule has 0 aliphatic rings. The second-order valence-electron chi connectivity index (χ2n) is 5.08. The number of benzene rings is 3. The Kier molecular flexibility index (Phi) is 2.83. The zero-order valence-corrected chi connectivity index (χ0v) is 11.7. The summed E-state index contributed by atoms with van der Waals surface area (Å²) in [6.07, 6.45) is 0. The largest absolute Gasteiger partial charge is 0.398 e. The second kappa shape index (κ2) is 4.96. The fraction of sp³-hybridized carbons (Fsp3) is 0. The Balaban J connectivity index is 1.88. The monoisotopic (exact) mass is 287 g/mol. The highest BCUT2D eigenvalue weighted by atomic mass is 15.5. The number of rotatable bonds is 2. The van der Waals surface area contributed by atoms with Gasteiger partial charge in [0.25, 0.3) is 0 Å². The molecule has 4 rings (SSSR count). The van der Waals surface area contributed by atoms with Gasteiger partial charge in [0.05, 0.1) is 0 Å². The number of H-pyrrole nitrogens is 1. The van der Waals surface area contributed by atoms with Crippen LogP contribution in [0.4, 0.5) is 5.69 Å². The molecule has 0 aliphatic carbocycles. The molecule has 0 amide bonds. The predicted molar refractivity (Wildman–Crippen MR) is 87.0 cm³/mol. The topological polar surface area (TPSA) is 80.5 Å². The van der Waals surface area contributed by atoms with E-state index in [0.717, 1.165) is 16.7 Å². The van der Waals surface area contributed by atoms with E-state index in [4.69, 9.17) is 5.73 Å². The smallest absolute Gasteiger partial charge is 0.181 e. The molecule has 1 heterocycles. The highest BCUT2D eigenvalue weighted by molar-refractivity contribution is 5.97. The van der Waals surface area contributed by atoms with Crippen molar-refractivity contribution in [2.75, 3.05) is 5.73 Å². The lowest BCUT2D eigenvalue weighted by molar-refractivity contribution is 0.881. The van der Waals surface area contributed by atoms with Crippen LogP contribution in [0.15, 0.2) is 60.7 Å². The van der Waals surface area contributed by atoms with Crippen LogP contribution in [-0.2, 0) is 0 Å². The van der Waals surface area contributed by atoms with E-state index in [1.54, 1.807) is 0 Å². The molecule has 22 heavy (non-hydrogen) atoms. The van der Waals surface area contributed by atoms with Gasteiger partial charge in [-0.25, -0.2) is 5.10 Å². The van der Waals surface area contributed by atoms with Gasteiger partial charge in [-0.15, -0.1) is 5.10 Å². The van der Waals surface area contributed by atoms with Crippen LogP contribution in [0.25, 0.3) is 33.3 Å². The molecule has 0 fully saturated rings. The van der Waals surface area contributed by atoms with Crippen molar-refractivity contribution in [2.45, 2.75) is 0 Å². The van der Waals surface area contributed by atoms with Crippen LogP contribution < -0.4 is 5.73 Å². The molecule has 0 radical (unpaired) electrons. The molecule has 0 atom stereocenters. The predicted octanol–water partition coefficient (Wildman–Crippen LogP) is 3.27. The minimum Gasteiger partial charge on any atom is -0.398 e. The zero-order valence-electron chi connectivity index (χ0n) is 11.7. The molecule has 3 aromatic carbocycles. The summed E-state index contributed by atoms with van der Waals surface area (Å²) in [7, 11) is 0. The molecule has 0 unspecified atom stereocenters. The minimum atomic E-state index is 0.571. The lowest BCUT2D eigenvalue weighted by Gasteiger charge is -2.09.